The lowest BCUT2D eigenvalue weighted by molar-refractivity contribution is 2.13. The summed E-state index contributed by atoms with van der Waals surface area (Å²) in [7, 11) is 38.5. The average molecular weight is 408 g/mol. The molecule has 13 heavy (non-hydrogen) atoms. The van der Waals surface area contributed by atoms with E-state index in [0.29, 0.717) is 0 Å². The van der Waals surface area contributed by atoms with Crippen molar-refractivity contribution in [3.05, 3.63) is 0 Å². The van der Waals surface area contributed by atoms with Gasteiger partial charge < -0.3 is 0 Å². The van der Waals surface area contributed by atoms with Gasteiger partial charge >= 0.3 is 0 Å². The minimum absolute atomic E-state index is 0.0642. The summed E-state index contributed by atoms with van der Waals surface area (Å²) in [6.07, 6.45) is 0. The minimum Gasteiger partial charge on any atom is -0.0619 e. The van der Waals surface area contributed by atoms with Crippen molar-refractivity contribution in [3.8, 4) is 0 Å². The summed E-state index contributed by atoms with van der Waals surface area (Å²) < 4.78 is 0. The molecule has 0 aromatic rings. The van der Waals surface area contributed by atoms with Crippen LogP contribution in [0.2, 0.25) is 0 Å². The molecule has 0 rings (SSSR count). The van der Waals surface area contributed by atoms with Gasteiger partial charge in [0.1, 0.15) is 0 Å². The SMILES string of the molecule is ClS(Cl)(Cl)CS(Cl)(Cl)CS(Cl)(Cl)Cl. The van der Waals surface area contributed by atoms with Crippen LogP contribution in [0.25, 0.3) is 0 Å². The molecule has 11 heteroatoms. The standard InChI is InChI=1S/C2H4Cl8S3/c3-11(4,1-12(5,6)7)2-13(8,9)10/h1-2H2. The zero-order valence-electron chi connectivity index (χ0n) is 5.66. The molecule has 0 unspecified atom stereocenters. The molecule has 0 atom stereocenters. The van der Waals surface area contributed by atoms with E-state index in [2.05, 4.69) is 0 Å². The summed E-state index contributed by atoms with van der Waals surface area (Å²) >= 11 is 0. The highest BCUT2D eigenvalue weighted by molar-refractivity contribution is 8.91. The van der Waals surface area contributed by atoms with E-state index < -0.39 is 23.8 Å². The van der Waals surface area contributed by atoms with Crippen molar-refractivity contribution in [2.45, 2.75) is 0 Å². The lowest BCUT2D eigenvalue weighted by Crippen LogP contribution is -1.96. The zero-order chi connectivity index (χ0) is 10.9. The van der Waals surface area contributed by atoms with Gasteiger partial charge in [0.15, 0.2) is 0 Å². The highest BCUT2D eigenvalue weighted by Gasteiger charge is 2.33. The summed E-state index contributed by atoms with van der Waals surface area (Å²) in [4.78, 5) is 0. The molecule has 0 aromatic heterocycles. The average Bonchev–Trinajstić information content (AvgIpc) is 1.43. The zero-order valence-corrected chi connectivity index (χ0v) is 14.2. The van der Waals surface area contributed by atoms with E-state index in [1.165, 1.54) is 0 Å². The summed E-state index contributed by atoms with van der Waals surface area (Å²) in [6, 6.07) is 0. The molecule has 0 aliphatic rings. The molecule has 0 aliphatic heterocycles. The molecule has 0 bridgehead atoms. The molecule has 86 valence electrons. The fourth-order valence-corrected chi connectivity index (χ4v) is 22.4. The van der Waals surface area contributed by atoms with E-state index >= 15 is 0 Å². The van der Waals surface area contributed by atoms with Crippen molar-refractivity contribution in [3.63, 3.8) is 0 Å². The molecule has 0 saturated heterocycles. The Morgan fingerprint density at radius 2 is 0.769 bits per heavy atom. The van der Waals surface area contributed by atoms with Gasteiger partial charge in [-0.2, -0.15) is 0 Å². The van der Waals surface area contributed by atoms with Crippen molar-refractivity contribution >= 4 is 109 Å². The van der Waals surface area contributed by atoms with E-state index in [-0.39, 0.29) is 10.2 Å². The van der Waals surface area contributed by atoms with Gasteiger partial charge in [-0.3, -0.25) is 0 Å². The first-order valence-corrected chi connectivity index (χ1v) is 14.6. The van der Waals surface area contributed by atoms with Crippen LogP contribution in [-0.2, 0) is 0 Å². The van der Waals surface area contributed by atoms with Crippen LogP contribution in [0.1, 0.15) is 0 Å². The van der Waals surface area contributed by atoms with Crippen molar-refractivity contribution in [1.82, 2.24) is 0 Å². The van der Waals surface area contributed by atoms with Gasteiger partial charge in [-0.25, -0.2) is 0 Å². The van der Waals surface area contributed by atoms with Gasteiger partial charge in [0.2, 0.25) is 0 Å². The molecule has 0 spiro atoms. The largest absolute Gasteiger partial charge is 0.0727 e. The Kier molecular flexibility index (Phi) is 7.32. The number of halogens is 8. The minimum atomic E-state index is -2.33. The van der Waals surface area contributed by atoms with Gasteiger partial charge in [-0.1, -0.05) is 8.46 Å². The molecule has 0 heterocycles. The molecule has 0 nitrogen and oxygen atoms in total. The Hall–Kier alpha value is 3.37. The second-order valence-corrected chi connectivity index (χ2v) is 23.6. The van der Waals surface area contributed by atoms with Crippen molar-refractivity contribution < 1.29 is 0 Å². The third-order valence-electron chi connectivity index (χ3n) is 0.612. The van der Waals surface area contributed by atoms with E-state index in [4.69, 9.17) is 85.5 Å². The predicted octanol–water partition coefficient (Wildman–Crippen LogP) is 7.55. The van der Waals surface area contributed by atoms with Crippen molar-refractivity contribution in [1.29, 1.82) is 0 Å². The molecule has 0 saturated carbocycles. The van der Waals surface area contributed by atoms with E-state index in [1.54, 1.807) is 0 Å². The van der Waals surface area contributed by atoms with E-state index in [9.17, 15) is 0 Å². The Morgan fingerprint density at radius 1 is 0.538 bits per heavy atom. The van der Waals surface area contributed by atoms with Crippen molar-refractivity contribution in [2.75, 3.05) is 10.2 Å². The second kappa shape index (κ2) is 5.81. The van der Waals surface area contributed by atoms with Crippen LogP contribution in [0.4, 0.5) is 0 Å². The van der Waals surface area contributed by atoms with Crippen LogP contribution in [0.15, 0.2) is 0 Å². The summed E-state index contributed by atoms with van der Waals surface area (Å²) in [6.45, 7) is 0. The van der Waals surface area contributed by atoms with Gasteiger partial charge in [-0.15, -0.1) is 0 Å². The fourth-order valence-electron chi connectivity index (χ4n) is 0.425. The van der Waals surface area contributed by atoms with Crippen LogP contribution in [0, 0.1) is 0 Å². The smallest absolute Gasteiger partial charge is 0.0619 e. The molecule has 0 N–H and O–H groups in total. The van der Waals surface area contributed by atoms with Crippen LogP contribution >= 0.6 is 109 Å². The molecular weight excluding hydrogens is 404 g/mol. The summed E-state index contributed by atoms with van der Waals surface area (Å²) in [5.41, 5.74) is 0. The first kappa shape index (κ1) is 16.4. The normalized spacial score (nSPS) is 18.5. The molecule has 0 amide bonds. The van der Waals surface area contributed by atoms with Gasteiger partial charge in [0.05, 0.1) is 10.2 Å². The Balaban J connectivity index is 4.25. The highest BCUT2D eigenvalue weighted by atomic mass is 36.2. The topological polar surface area (TPSA) is 0 Å². The van der Waals surface area contributed by atoms with Crippen LogP contribution in [0.3, 0.4) is 0 Å². The van der Waals surface area contributed by atoms with Gasteiger partial charge in [-0.05, 0) is 85.5 Å². The lowest BCUT2D eigenvalue weighted by Gasteiger charge is -2.33. The Morgan fingerprint density at radius 3 is 0.923 bits per heavy atom. The number of hydrogen-bond acceptors (Lipinski definition) is 0. The van der Waals surface area contributed by atoms with Crippen molar-refractivity contribution in [2.24, 2.45) is 0 Å². The third kappa shape index (κ3) is 11.6. The summed E-state index contributed by atoms with van der Waals surface area (Å²) in [5, 5.41) is 0.128. The maximum absolute atomic E-state index is 5.89. The first-order valence-electron chi connectivity index (χ1n) is 2.39. The lowest BCUT2D eigenvalue weighted by atomic mass is 11.9. The maximum atomic E-state index is 5.89. The van der Waals surface area contributed by atoms with Gasteiger partial charge in [0.25, 0.3) is 0 Å². The number of rotatable bonds is 4. The quantitative estimate of drug-likeness (QED) is 0.451. The first-order chi connectivity index (χ1) is 5.41. The maximum Gasteiger partial charge on any atom is 0.0727 e. The third-order valence-corrected chi connectivity index (χ3v) is 13.5. The fraction of sp³-hybridized carbons (Fsp3) is 1.00. The highest BCUT2D eigenvalue weighted by Crippen LogP contribution is 2.81. The second-order valence-electron chi connectivity index (χ2n) is 1.94. The molecular formula is C2H4Cl8S3. The Labute approximate surface area is 118 Å². The van der Waals surface area contributed by atoms with Crippen LogP contribution in [-0.4, -0.2) is 10.2 Å². The van der Waals surface area contributed by atoms with E-state index in [1.807, 2.05) is 0 Å². The Bertz CT molecular complexity index is 149. The molecule has 0 aromatic carbocycles. The van der Waals surface area contributed by atoms with Crippen LogP contribution in [0.5, 0.6) is 0 Å². The monoisotopic (exact) mass is 404 g/mol. The molecule has 0 aliphatic carbocycles. The van der Waals surface area contributed by atoms with E-state index in [0.717, 1.165) is 0 Å². The number of hydrogen-bond donors (Lipinski definition) is 0. The summed E-state index contributed by atoms with van der Waals surface area (Å²) in [5.74, 6) is 0. The molecule has 0 radical (unpaired) electrons. The predicted molar refractivity (Wildman–Crippen MR) is 79.3 cm³/mol. The van der Waals surface area contributed by atoms with Crippen LogP contribution < -0.4 is 0 Å². The molecule has 0 fully saturated rings. The van der Waals surface area contributed by atoms with Gasteiger partial charge in [0, 0.05) is 15.3 Å².